The smallest absolute Gasteiger partial charge is 0.236 e. The zero-order valence-corrected chi connectivity index (χ0v) is 11.9. The maximum absolute atomic E-state index is 12.2. The lowest BCUT2D eigenvalue weighted by atomic mass is 10.1. The maximum atomic E-state index is 12.2. The predicted octanol–water partition coefficient (Wildman–Crippen LogP) is 0.553. The highest BCUT2D eigenvalue weighted by Gasteiger charge is 2.21. The lowest BCUT2D eigenvalue weighted by molar-refractivity contribution is -0.133. The van der Waals surface area contributed by atoms with Crippen LogP contribution in [0.4, 0.5) is 0 Å². The Balaban J connectivity index is 1.78. The minimum Gasteiger partial charge on any atom is -0.342 e. The molecule has 0 aromatic heterocycles. The Hall–Kier alpha value is -1.10. The average molecular weight is 267 g/mol. The summed E-state index contributed by atoms with van der Waals surface area (Å²) >= 11 is 0. The first-order valence-electron chi connectivity index (χ1n) is 7.42. The molecule has 0 atom stereocenters. The minimum atomic E-state index is 0.143. The molecule has 0 bridgehead atoms. The molecule has 2 fully saturated rings. The molecule has 2 aliphatic heterocycles. The summed E-state index contributed by atoms with van der Waals surface area (Å²) in [5, 5.41) is 0. The molecular formula is C14H25N3O2. The number of carbonyl (C=O) groups is 2. The first-order chi connectivity index (χ1) is 9.16. The maximum Gasteiger partial charge on any atom is 0.236 e. The number of hydrogen-bond acceptors (Lipinski definition) is 3. The van der Waals surface area contributed by atoms with Gasteiger partial charge in [0.05, 0.1) is 6.54 Å². The second-order valence-corrected chi connectivity index (χ2v) is 5.58. The van der Waals surface area contributed by atoms with E-state index in [2.05, 4.69) is 4.90 Å². The molecule has 5 nitrogen and oxygen atoms in total. The number of rotatable bonds is 2. The molecule has 0 N–H and O–H groups in total. The summed E-state index contributed by atoms with van der Waals surface area (Å²) in [6, 6.07) is 0. The van der Waals surface area contributed by atoms with Crippen LogP contribution in [0.3, 0.4) is 0 Å². The summed E-state index contributed by atoms with van der Waals surface area (Å²) in [6.45, 7) is 7.30. The van der Waals surface area contributed by atoms with Crippen molar-refractivity contribution in [1.29, 1.82) is 0 Å². The molecule has 5 heteroatoms. The Morgan fingerprint density at radius 1 is 0.789 bits per heavy atom. The van der Waals surface area contributed by atoms with Crippen LogP contribution in [-0.2, 0) is 9.59 Å². The van der Waals surface area contributed by atoms with Gasteiger partial charge in [-0.3, -0.25) is 14.5 Å². The van der Waals surface area contributed by atoms with E-state index in [1.807, 2.05) is 9.80 Å². The van der Waals surface area contributed by atoms with Crippen molar-refractivity contribution in [1.82, 2.24) is 14.7 Å². The Morgan fingerprint density at radius 2 is 1.47 bits per heavy atom. The molecule has 0 saturated carbocycles. The van der Waals surface area contributed by atoms with Crippen molar-refractivity contribution in [2.75, 3.05) is 45.8 Å². The third kappa shape index (κ3) is 4.20. The lowest BCUT2D eigenvalue weighted by Gasteiger charge is -2.29. The molecule has 0 aliphatic carbocycles. The van der Waals surface area contributed by atoms with Crippen LogP contribution in [-0.4, -0.2) is 72.3 Å². The van der Waals surface area contributed by atoms with E-state index < -0.39 is 0 Å². The summed E-state index contributed by atoms with van der Waals surface area (Å²) in [7, 11) is 0. The van der Waals surface area contributed by atoms with Gasteiger partial charge in [-0.05, 0) is 25.7 Å². The molecule has 108 valence electrons. The van der Waals surface area contributed by atoms with E-state index in [0.29, 0.717) is 6.54 Å². The van der Waals surface area contributed by atoms with Gasteiger partial charge in [-0.1, -0.05) is 0 Å². The Morgan fingerprint density at radius 3 is 2.16 bits per heavy atom. The van der Waals surface area contributed by atoms with E-state index in [1.54, 1.807) is 6.92 Å². The highest BCUT2D eigenvalue weighted by atomic mass is 16.2. The fraction of sp³-hybridized carbons (Fsp3) is 0.857. The van der Waals surface area contributed by atoms with E-state index in [4.69, 9.17) is 0 Å². The van der Waals surface area contributed by atoms with Crippen LogP contribution in [0.15, 0.2) is 0 Å². The second kappa shape index (κ2) is 6.89. The molecule has 0 radical (unpaired) electrons. The summed E-state index contributed by atoms with van der Waals surface area (Å²) in [6.07, 6.45) is 4.50. The van der Waals surface area contributed by atoms with Crippen molar-refractivity contribution in [3.05, 3.63) is 0 Å². The van der Waals surface area contributed by atoms with Crippen molar-refractivity contribution < 1.29 is 9.59 Å². The van der Waals surface area contributed by atoms with Crippen LogP contribution >= 0.6 is 0 Å². The van der Waals surface area contributed by atoms with E-state index in [9.17, 15) is 9.59 Å². The van der Waals surface area contributed by atoms with Gasteiger partial charge in [-0.15, -0.1) is 0 Å². The van der Waals surface area contributed by atoms with E-state index >= 15 is 0 Å². The minimum absolute atomic E-state index is 0.143. The normalized spacial score (nSPS) is 22.2. The van der Waals surface area contributed by atoms with Crippen LogP contribution in [0.1, 0.15) is 32.6 Å². The van der Waals surface area contributed by atoms with E-state index in [-0.39, 0.29) is 11.8 Å². The molecule has 2 amide bonds. The lowest BCUT2D eigenvalue weighted by Crippen LogP contribution is -2.43. The predicted molar refractivity (Wildman–Crippen MR) is 73.7 cm³/mol. The molecule has 2 saturated heterocycles. The zero-order valence-electron chi connectivity index (χ0n) is 11.9. The van der Waals surface area contributed by atoms with Gasteiger partial charge in [0.1, 0.15) is 0 Å². The number of hydrogen-bond donors (Lipinski definition) is 0. The molecule has 2 rings (SSSR count). The first-order valence-corrected chi connectivity index (χ1v) is 7.42. The molecule has 2 aliphatic rings. The van der Waals surface area contributed by atoms with Gasteiger partial charge >= 0.3 is 0 Å². The highest BCUT2D eigenvalue weighted by molar-refractivity contribution is 5.78. The van der Waals surface area contributed by atoms with Gasteiger partial charge in [-0.2, -0.15) is 0 Å². The Labute approximate surface area is 115 Å². The topological polar surface area (TPSA) is 43.9 Å². The van der Waals surface area contributed by atoms with E-state index in [1.165, 1.54) is 6.42 Å². The van der Waals surface area contributed by atoms with Crippen LogP contribution in [0, 0.1) is 0 Å². The van der Waals surface area contributed by atoms with Crippen molar-refractivity contribution in [3.63, 3.8) is 0 Å². The van der Waals surface area contributed by atoms with Crippen LogP contribution in [0.2, 0.25) is 0 Å². The summed E-state index contributed by atoms with van der Waals surface area (Å²) in [5.74, 6) is 0.403. The number of amides is 2. The second-order valence-electron chi connectivity index (χ2n) is 5.58. The monoisotopic (exact) mass is 267 g/mol. The largest absolute Gasteiger partial charge is 0.342 e. The average Bonchev–Trinajstić information content (AvgIpc) is 2.65. The summed E-state index contributed by atoms with van der Waals surface area (Å²) in [4.78, 5) is 29.6. The fourth-order valence-electron chi connectivity index (χ4n) is 2.88. The quantitative estimate of drug-likeness (QED) is 0.734. The molecule has 0 aromatic rings. The van der Waals surface area contributed by atoms with Crippen molar-refractivity contribution in [2.24, 2.45) is 0 Å². The van der Waals surface area contributed by atoms with Gasteiger partial charge in [0, 0.05) is 46.2 Å². The number of piperidine rings is 1. The van der Waals surface area contributed by atoms with Crippen molar-refractivity contribution in [2.45, 2.75) is 32.6 Å². The molecule has 2 heterocycles. The van der Waals surface area contributed by atoms with Crippen molar-refractivity contribution in [3.8, 4) is 0 Å². The van der Waals surface area contributed by atoms with Gasteiger partial charge in [0.25, 0.3) is 0 Å². The van der Waals surface area contributed by atoms with Crippen LogP contribution in [0.5, 0.6) is 0 Å². The van der Waals surface area contributed by atoms with E-state index in [0.717, 1.165) is 58.5 Å². The number of carbonyl (C=O) groups excluding carboxylic acids is 2. The van der Waals surface area contributed by atoms with Gasteiger partial charge in [-0.25, -0.2) is 0 Å². The SMILES string of the molecule is CC(=O)N1CCCN(CC(=O)N2CCCCC2)CC1. The summed E-state index contributed by atoms with van der Waals surface area (Å²) in [5.41, 5.74) is 0. The van der Waals surface area contributed by atoms with Crippen LogP contribution in [0.25, 0.3) is 0 Å². The summed E-state index contributed by atoms with van der Waals surface area (Å²) < 4.78 is 0. The van der Waals surface area contributed by atoms with Crippen molar-refractivity contribution >= 4 is 11.8 Å². The molecule has 0 unspecified atom stereocenters. The molecule has 0 spiro atoms. The Bertz CT molecular complexity index is 327. The first kappa shape index (κ1) is 14.3. The van der Waals surface area contributed by atoms with Crippen LogP contribution < -0.4 is 0 Å². The number of likely N-dealkylation sites (tertiary alicyclic amines) is 1. The fourth-order valence-corrected chi connectivity index (χ4v) is 2.88. The third-order valence-corrected chi connectivity index (χ3v) is 4.10. The van der Waals surface area contributed by atoms with Gasteiger partial charge < -0.3 is 9.80 Å². The number of nitrogens with zero attached hydrogens (tertiary/aromatic N) is 3. The van der Waals surface area contributed by atoms with Gasteiger partial charge in [0.2, 0.25) is 11.8 Å². The highest BCUT2D eigenvalue weighted by Crippen LogP contribution is 2.10. The Kier molecular flexibility index (Phi) is 5.19. The standard InChI is InChI=1S/C14H25N3O2/c1-13(18)16-9-5-6-15(10-11-16)12-14(19)17-7-3-2-4-8-17/h2-12H2,1H3. The third-order valence-electron chi connectivity index (χ3n) is 4.10. The zero-order chi connectivity index (χ0) is 13.7. The molecular weight excluding hydrogens is 242 g/mol. The molecule has 19 heavy (non-hydrogen) atoms. The molecule has 0 aromatic carbocycles. The van der Waals surface area contributed by atoms with Gasteiger partial charge in [0.15, 0.2) is 0 Å².